The first-order valence-corrected chi connectivity index (χ1v) is 10.7. The van der Waals surface area contributed by atoms with E-state index in [1.807, 2.05) is 0 Å². The highest BCUT2D eigenvalue weighted by Crippen LogP contribution is 2.70. The van der Waals surface area contributed by atoms with Crippen molar-refractivity contribution in [2.24, 2.45) is 22.7 Å². The topological polar surface area (TPSA) is 88.0 Å². The van der Waals surface area contributed by atoms with Gasteiger partial charge < -0.3 is 25.0 Å². The second-order valence-corrected chi connectivity index (χ2v) is 9.77. The van der Waals surface area contributed by atoms with E-state index in [1.54, 1.807) is 6.07 Å². The molecule has 3 N–H and O–H groups in total. The van der Waals surface area contributed by atoms with Crippen LogP contribution in [-0.2, 0) is 9.53 Å². The van der Waals surface area contributed by atoms with Gasteiger partial charge in [-0.1, -0.05) is 25.4 Å². The first kappa shape index (κ1) is 20.8. The minimum Gasteiger partial charge on any atom is -0.504 e. The van der Waals surface area contributed by atoms with E-state index in [4.69, 9.17) is 26.2 Å². The predicted octanol–water partition coefficient (Wildman–Crippen LogP) is 3.44. The maximum Gasteiger partial charge on any atom is 0.222 e. The van der Waals surface area contributed by atoms with Crippen LogP contribution in [0.1, 0.15) is 51.2 Å². The van der Waals surface area contributed by atoms with Gasteiger partial charge in [0.2, 0.25) is 5.91 Å². The van der Waals surface area contributed by atoms with E-state index in [1.165, 1.54) is 13.2 Å². The Morgan fingerprint density at radius 1 is 1.41 bits per heavy atom. The molecule has 0 radical (unpaired) electrons. The van der Waals surface area contributed by atoms with Crippen molar-refractivity contribution >= 4 is 17.5 Å². The summed E-state index contributed by atoms with van der Waals surface area (Å²) in [6.07, 6.45) is 2.89. The molecule has 3 aliphatic rings. The fourth-order valence-corrected chi connectivity index (χ4v) is 6.64. The van der Waals surface area contributed by atoms with Crippen LogP contribution in [0.25, 0.3) is 0 Å². The summed E-state index contributed by atoms with van der Waals surface area (Å²) < 4.78 is 11.5. The normalized spacial score (nSPS) is 34.7. The van der Waals surface area contributed by atoms with Crippen molar-refractivity contribution in [3.8, 4) is 11.5 Å². The predicted molar refractivity (Wildman–Crippen MR) is 109 cm³/mol. The van der Waals surface area contributed by atoms with Crippen molar-refractivity contribution in [2.45, 2.75) is 51.7 Å². The summed E-state index contributed by atoms with van der Waals surface area (Å²) in [7, 11) is 1.52. The Morgan fingerprint density at radius 3 is 2.86 bits per heavy atom. The van der Waals surface area contributed by atoms with Gasteiger partial charge in [0.05, 0.1) is 24.8 Å². The molecule has 1 amide bonds. The van der Waals surface area contributed by atoms with Crippen molar-refractivity contribution in [1.82, 2.24) is 5.32 Å². The summed E-state index contributed by atoms with van der Waals surface area (Å²) in [6, 6.07) is 3.32. The first-order chi connectivity index (χ1) is 13.7. The molecule has 3 fully saturated rings. The number of hydrogen-bond acceptors (Lipinski definition) is 5. The number of aromatic hydroxyl groups is 1. The highest BCUT2D eigenvalue weighted by molar-refractivity contribution is 6.31. The zero-order valence-electron chi connectivity index (χ0n) is 17.2. The van der Waals surface area contributed by atoms with Gasteiger partial charge in [0, 0.05) is 30.7 Å². The summed E-state index contributed by atoms with van der Waals surface area (Å²) in [5, 5.41) is 22.9. The summed E-state index contributed by atoms with van der Waals surface area (Å²) in [6.45, 7) is 4.93. The standard InChI is InChI=1S/C22H30ClNO5/c1-21(2)12-8-14-19(13-9-17(28-3)16(26)10-15(13)23)29-7-5-22(14,11-12)20(21)24-18(27)4-6-25/h9-10,12,14,19-20,25-26H,4-8,11H2,1-3H3,(H,24,27)/t12-,14-,19-,20+,22-/m1/s1. The molecule has 1 aromatic rings. The molecule has 1 aromatic carbocycles. The molecule has 1 saturated heterocycles. The Kier molecular flexibility index (Phi) is 5.24. The second kappa shape index (κ2) is 7.33. The summed E-state index contributed by atoms with van der Waals surface area (Å²) in [4.78, 5) is 12.4. The smallest absolute Gasteiger partial charge is 0.222 e. The molecular weight excluding hydrogens is 394 g/mol. The third-order valence-electron chi connectivity index (χ3n) is 7.75. The van der Waals surface area contributed by atoms with Crippen LogP contribution >= 0.6 is 11.6 Å². The van der Waals surface area contributed by atoms with Crippen LogP contribution in [0.3, 0.4) is 0 Å². The minimum absolute atomic E-state index is 0.00925. The highest BCUT2D eigenvalue weighted by atomic mass is 35.5. The van der Waals surface area contributed by atoms with Crippen LogP contribution in [0.2, 0.25) is 5.02 Å². The van der Waals surface area contributed by atoms with Crippen molar-refractivity contribution in [1.29, 1.82) is 0 Å². The van der Waals surface area contributed by atoms with Gasteiger partial charge in [0.25, 0.3) is 0 Å². The molecule has 2 saturated carbocycles. The maximum atomic E-state index is 12.4. The number of halogens is 1. The van der Waals surface area contributed by atoms with E-state index in [9.17, 15) is 9.90 Å². The van der Waals surface area contributed by atoms with Crippen LogP contribution in [0.15, 0.2) is 12.1 Å². The molecule has 7 heteroatoms. The SMILES string of the molecule is COc1cc([C@H]2OCC[C@@]34C[C@@H](C[C@H]23)C(C)(C)[C@@H]4NC(=O)CCO)c(Cl)cc1O. The van der Waals surface area contributed by atoms with Crippen molar-refractivity contribution in [2.75, 3.05) is 20.3 Å². The van der Waals surface area contributed by atoms with Gasteiger partial charge in [-0.2, -0.15) is 0 Å². The lowest BCUT2D eigenvalue weighted by atomic mass is 9.58. The average Bonchev–Trinajstić information content (AvgIpc) is 3.15. The van der Waals surface area contributed by atoms with E-state index in [0.717, 1.165) is 24.8 Å². The summed E-state index contributed by atoms with van der Waals surface area (Å²) in [5.41, 5.74) is 0.757. The number of nitrogens with one attached hydrogen (secondary N) is 1. The lowest BCUT2D eigenvalue weighted by molar-refractivity contribution is -0.137. The maximum absolute atomic E-state index is 12.4. The van der Waals surface area contributed by atoms with Gasteiger partial charge in [-0.3, -0.25) is 4.79 Å². The molecule has 1 heterocycles. The van der Waals surface area contributed by atoms with Crippen LogP contribution in [0, 0.1) is 22.7 Å². The summed E-state index contributed by atoms with van der Waals surface area (Å²) >= 11 is 6.51. The van der Waals surface area contributed by atoms with E-state index >= 15 is 0 Å². The Balaban J connectivity index is 1.70. The van der Waals surface area contributed by atoms with Gasteiger partial charge in [0.15, 0.2) is 11.5 Å². The highest BCUT2D eigenvalue weighted by Gasteiger charge is 2.68. The number of aliphatic hydroxyl groups is 1. The number of rotatable bonds is 5. The number of benzene rings is 1. The van der Waals surface area contributed by atoms with Crippen molar-refractivity contribution in [3.05, 3.63) is 22.7 Å². The minimum atomic E-state index is -0.205. The Morgan fingerprint density at radius 2 is 2.17 bits per heavy atom. The second-order valence-electron chi connectivity index (χ2n) is 9.36. The average molecular weight is 424 g/mol. The molecule has 5 atom stereocenters. The summed E-state index contributed by atoms with van der Waals surface area (Å²) in [5.74, 6) is 0.992. The lowest BCUT2D eigenvalue weighted by Crippen LogP contribution is -2.59. The Labute approximate surface area is 176 Å². The molecule has 1 aliphatic heterocycles. The van der Waals surface area contributed by atoms with Crippen LogP contribution in [-0.4, -0.2) is 42.5 Å². The third kappa shape index (κ3) is 3.11. The number of amides is 1. The van der Waals surface area contributed by atoms with Gasteiger partial charge in [0.1, 0.15) is 0 Å². The number of ether oxygens (including phenoxy) is 2. The van der Waals surface area contributed by atoms with Crippen LogP contribution in [0.5, 0.6) is 11.5 Å². The number of phenolic OH excluding ortho intramolecular Hbond substituents is 1. The number of hydrogen-bond donors (Lipinski definition) is 3. The molecule has 29 heavy (non-hydrogen) atoms. The van der Waals surface area contributed by atoms with E-state index in [0.29, 0.717) is 23.3 Å². The number of phenols is 1. The fraction of sp³-hybridized carbons (Fsp3) is 0.682. The van der Waals surface area contributed by atoms with Gasteiger partial charge >= 0.3 is 0 Å². The number of carbonyl (C=O) groups excluding carboxylic acids is 1. The molecular formula is C22H30ClNO5. The van der Waals surface area contributed by atoms with Crippen LogP contribution in [0.4, 0.5) is 0 Å². The van der Waals surface area contributed by atoms with Crippen molar-refractivity contribution in [3.63, 3.8) is 0 Å². The van der Waals surface area contributed by atoms with Gasteiger partial charge in [-0.15, -0.1) is 0 Å². The molecule has 2 bridgehead atoms. The fourth-order valence-electron chi connectivity index (χ4n) is 6.37. The monoisotopic (exact) mass is 423 g/mol. The third-order valence-corrected chi connectivity index (χ3v) is 8.08. The van der Waals surface area contributed by atoms with E-state index in [-0.39, 0.29) is 53.6 Å². The number of aliphatic hydroxyl groups excluding tert-OH is 1. The molecule has 6 nitrogen and oxygen atoms in total. The number of fused-ring (bicyclic) bond motifs is 1. The molecule has 2 aliphatic carbocycles. The zero-order valence-corrected chi connectivity index (χ0v) is 18.0. The van der Waals surface area contributed by atoms with E-state index in [2.05, 4.69) is 19.2 Å². The molecule has 0 aromatic heterocycles. The quantitative estimate of drug-likeness (QED) is 0.675. The van der Waals surface area contributed by atoms with Gasteiger partial charge in [-0.05, 0) is 48.0 Å². The molecule has 4 rings (SSSR count). The Hall–Kier alpha value is -1.50. The van der Waals surface area contributed by atoms with Gasteiger partial charge in [-0.25, -0.2) is 0 Å². The van der Waals surface area contributed by atoms with Crippen LogP contribution < -0.4 is 10.1 Å². The Bertz CT molecular complexity index is 813. The van der Waals surface area contributed by atoms with Crippen molar-refractivity contribution < 1.29 is 24.5 Å². The number of carbonyl (C=O) groups is 1. The zero-order chi connectivity index (χ0) is 21.0. The van der Waals surface area contributed by atoms with E-state index < -0.39 is 0 Å². The largest absolute Gasteiger partial charge is 0.504 e. The lowest BCUT2D eigenvalue weighted by Gasteiger charge is -2.53. The molecule has 1 spiro atoms. The molecule has 160 valence electrons. The molecule has 0 unspecified atom stereocenters. The number of methoxy groups -OCH3 is 1. The first-order valence-electron chi connectivity index (χ1n) is 10.3.